The molecule has 0 fully saturated rings. The van der Waals surface area contributed by atoms with E-state index in [0.717, 1.165) is 11.2 Å². The topological polar surface area (TPSA) is 12.9 Å². The summed E-state index contributed by atoms with van der Waals surface area (Å²) in [5, 5.41) is 1.26. The van der Waals surface area contributed by atoms with Crippen molar-refractivity contribution in [2.24, 2.45) is 0 Å². The molecule has 4 rings (SSSR count). The molecule has 2 aromatic heterocycles. The van der Waals surface area contributed by atoms with Gasteiger partial charge in [0.05, 0.1) is 10.2 Å². The third-order valence-electron chi connectivity index (χ3n) is 3.63. The Hall–Kier alpha value is -2.19. The minimum atomic E-state index is 1.09. The summed E-state index contributed by atoms with van der Waals surface area (Å²) in [5.41, 5.74) is 4.68. The van der Waals surface area contributed by atoms with Crippen molar-refractivity contribution in [1.29, 1.82) is 0 Å². The van der Waals surface area contributed by atoms with Crippen molar-refractivity contribution >= 4 is 31.6 Å². The zero-order valence-electron chi connectivity index (χ0n) is 11.1. The normalized spacial score (nSPS) is 11.2. The van der Waals surface area contributed by atoms with Gasteiger partial charge in [-0.05, 0) is 24.6 Å². The van der Waals surface area contributed by atoms with Crippen LogP contribution in [0.1, 0.15) is 5.69 Å². The molecule has 0 aliphatic rings. The fraction of sp³-hybridized carbons (Fsp3) is 0.0556. The molecule has 0 saturated heterocycles. The number of thiophene rings is 1. The Kier molecular flexibility index (Phi) is 2.57. The summed E-state index contributed by atoms with van der Waals surface area (Å²) in [6.07, 6.45) is 0. The van der Waals surface area contributed by atoms with E-state index in [1.807, 2.05) is 17.4 Å². The molecule has 0 aliphatic carbocycles. The highest BCUT2D eigenvalue weighted by Crippen LogP contribution is 2.35. The predicted molar refractivity (Wildman–Crippen MR) is 87.3 cm³/mol. The van der Waals surface area contributed by atoms with Crippen molar-refractivity contribution in [1.82, 2.24) is 4.98 Å². The summed E-state index contributed by atoms with van der Waals surface area (Å²) in [7, 11) is 0. The number of hydrogen-bond donors (Lipinski definition) is 0. The molecule has 0 aliphatic heterocycles. The van der Waals surface area contributed by atoms with Crippen LogP contribution >= 0.6 is 11.3 Å². The smallest absolute Gasteiger partial charge is 0.0892 e. The van der Waals surface area contributed by atoms with E-state index in [-0.39, 0.29) is 0 Å². The molecular weight excluding hydrogens is 262 g/mol. The van der Waals surface area contributed by atoms with Crippen LogP contribution in [0.25, 0.3) is 31.4 Å². The van der Waals surface area contributed by atoms with Gasteiger partial charge in [-0.2, -0.15) is 0 Å². The number of hydrogen-bond acceptors (Lipinski definition) is 2. The molecule has 4 aromatic rings. The van der Waals surface area contributed by atoms with Gasteiger partial charge < -0.3 is 0 Å². The second-order valence-electron chi connectivity index (χ2n) is 4.93. The average Bonchev–Trinajstić information content (AvgIpc) is 2.85. The fourth-order valence-corrected chi connectivity index (χ4v) is 3.72. The molecule has 1 nitrogen and oxygen atoms in total. The predicted octanol–water partition coefficient (Wildman–Crippen LogP) is 5.42. The van der Waals surface area contributed by atoms with Crippen LogP contribution in [0.2, 0.25) is 0 Å². The molecule has 20 heavy (non-hydrogen) atoms. The zero-order chi connectivity index (χ0) is 13.5. The van der Waals surface area contributed by atoms with Gasteiger partial charge in [0.2, 0.25) is 0 Å². The third-order valence-corrected chi connectivity index (χ3v) is 4.73. The summed E-state index contributed by atoms with van der Waals surface area (Å²) < 4.78 is 2.57. The molecule has 0 saturated carbocycles. The van der Waals surface area contributed by atoms with Gasteiger partial charge in [-0.1, -0.05) is 48.5 Å². The van der Waals surface area contributed by atoms with Crippen LogP contribution in [-0.2, 0) is 0 Å². The van der Waals surface area contributed by atoms with Crippen molar-refractivity contribution in [3.05, 3.63) is 66.4 Å². The molecule has 0 bridgehead atoms. The van der Waals surface area contributed by atoms with Crippen molar-refractivity contribution in [2.75, 3.05) is 0 Å². The van der Waals surface area contributed by atoms with Crippen LogP contribution in [0.4, 0.5) is 0 Å². The van der Waals surface area contributed by atoms with Crippen LogP contribution in [0, 0.1) is 6.92 Å². The van der Waals surface area contributed by atoms with Crippen LogP contribution < -0.4 is 0 Å². The van der Waals surface area contributed by atoms with Gasteiger partial charge >= 0.3 is 0 Å². The molecular formula is C18H13NS. The third kappa shape index (κ3) is 1.73. The minimum absolute atomic E-state index is 1.09. The number of aromatic nitrogens is 1. The van der Waals surface area contributed by atoms with Gasteiger partial charge in [-0.25, -0.2) is 0 Å². The Morgan fingerprint density at radius 2 is 1.60 bits per heavy atom. The Balaban J connectivity index is 2.05. The molecule has 0 unspecified atom stereocenters. The maximum absolute atomic E-state index is 4.85. The van der Waals surface area contributed by atoms with E-state index in [4.69, 9.17) is 4.98 Å². The molecule has 96 valence electrons. The number of benzene rings is 2. The van der Waals surface area contributed by atoms with E-state index >= 15 is 0 Å². The van der Waals surface area contributed by atoms with Crippen LogP contribution in [-0.4, -0.2) is 4.98 Å². The average molecular weight is 275 g/mol. The largest absolute Gasteiger partial charge is 0.251 e. The lowest BCUT2D eigenvalue weighted by Gasteiger charge is -2.05. The standard InChI is InChI=1S/C18H13NS/c1-12-15(13-7-3-2-4-8-13)11-17-18(19-12)14-9-5-6-10-16(14)20-17/h2-11H,1H3. The highest BCUT2D eigenvalue weighted by atomic mass is 32.1. The first-order valence-corrected chi connectivity index (χ1v) is 7.49. The SMILES string of the molecule is Cc1nc2c(cc1-c1ccccc1)sc1ccccc12. The molecule has 2 heteroatoms. The summed E-state index contributed by atoms with van der Waals surface area (Å²) in [4.78, 5) is 4.85. The second kappa shape index (κ2) is 4.43. The number of nitrogens with zero attached hydrogens (tertiary/aromatic N) is 1. The number of pyridine rings is 1. The van der Waals surface area contributed by atoms with Gasteiger partial charge in [0.1, 0.15) is 0 Å². The molecule has 2 heterocycles. The Labute approximate surface area is 121 Å². The van der Waals surface area contributed by atoms with E-state index in [2.05, 4.69) is 61.5 Å². The Morgan fingerprint density at radius 1 is 0.850 bits per heavy atom. The van der Waals surface area contributed by atoms with Crippen molar-refractivity contribution in [3.8, 4) is 11.1 Å². The monoisotopic (exact) mass is 275 g/mol. The highest BCUT2D eigenvalue weighted by molar-refractivity contribution is 7.25. The second-order valence-corrected chi connectivity index (χ2v) is 6.02. The van der Waals surface area contributed by atoms with Gasteiger partial charge in [0.25, 0.3) is 0 Å². The summed E-state index contributed by atoms with van der Waals surface area (Å²) >= 11 is 1.82. The van der Waals surface area contributed by atoms with Crippen LogP contribution in [0.15, 0.2) is 60.7 Å². The molecule has 0 N–H and O–H groups in total. The van der Waals surface area contributed by atoms with E-state index in [1.165, 1.54) is 25.9 Å². The first-order valence-electron chi connectivity index (χ1n) is 6.67. The highest BCUT2D eigenvalue weighted by Gasteiger charge is 2.10. The fourth-order valence-electron chi connectivity index (χ4n) is 2.64. The molecule has 0 atom stereocenters. The van der Waals surface area contributed by atoms with E-state index in [9.17, 15) is 0 Å². The summed E-state index contributed by atoms with van der Waals surface area (Å²) in [6.45, 7) is 2.09. The first kappa shape index (κ1) is 11.6. The number of rotatable bonds is 1. The van der Waals surface area contributed by atoms with Crippen LogP contribution in [0.5, 0.6) is 0 Å². The van der Waals surface area contributed by atoms with Crippen LogP contribution in [0.3, 0.4) is 0 Å². The maximum atomic E-state index is 4.85. The van der Waals surface area contributed by atoms with E-state index < -0.39 is 0 Å². The van der Waals surface area contributed by atoms with Gasteiger partial charge in [0.15, 0.2) is 0 Å². The van der Waals surface area contributed by atoms with Crippen molar-refractivity contribution in [2.45, 2.75) is 6.92 Å². The molecule has 0 radical (unpaired) electrons. The summed E-state index contributed by atoms with van der Waals surface area (Å²) in [5.74, 6) is 0. The van der Waals surface area contributed by atoms with Gasteiger partial charge in [-0.3, -0.25) is 4.98 Å². The van der Waals surface area contributed by atoms with Crippen molar-refractivity contribution in [3.63, 3.8) is 0 Å². The summed E-state index contributed by atoms with van der Waals surface area (Å²) in [6, 6.07) is 21.2. The molecule has 0 amide bonds. The van der Waals surface area contributed by atoms with E-state index in [1.54, 1.807) is 0 Å². The Bertz CT molecular complexity index is 907. The lowest BCUT2D eigenvalue weighted by atomic mass is 10.0. The number of fused-ring (bicyclic) bond motifs is 3. The molecule has 2 aromatic carbocycles. The maximum Gasteiger partial charge on any atom is 0.0892 e. The molecule has 0 spiro atoms. The zero-order valence-corrected chi connectivity index (χ0v) is 11.9. The minimum Gasteiger partial charge on any atom is -0.251 e. The quantitative estimate of drug-likeness (QED) is 0.451. The first-order chi connectivity index (χ1) is 9.83. The van der Waals surface area contributed by atoms with Crippen molar-refractivity contribution < 1.29 is 0 Å². The van der Waals surface area contributed by atoms with Gasteiger partial charge in [0, 0.05) is 21.3 Å². The number of aryl methyl sites for hydroxylation is 1. The van der Waals surface area contributed by atoms with E-state index in [0.29, 0.717) is 0 Å². The lowest BCUT2D eigenvalue weighted by molar-refractivity contribution is 1.27. The van der Waals surface area contributed by atoms with Gasteiger partial charge in [-0.15, -0.1) is 11.3 Å². The Morgan fingerprint density at radius 3 is 2.45 bits per heavy atom. The lowest BCUT2D eigenvalue weighted by Crippen LogP contribution is -1.87.